The van der Waals surface area contributed by atoms with Crippen molar-refractivity contribution in [3.8, 4) is 0 Å². The lowest BCUT2D eigenvalue weighted by atomic mass is 9.91. The number of hydrogen-bond acceptors (Lipinski definition) is 3. The highest BCUT2D eigenvalue weighted by Gasteiger charge is 2.27. The number of rotatable bonds is 7. The minimum atomic E-state index is 0.168. The van der Waals surface area contributed by atoms with Crippen molar-refractivity contribution in [3.05, 3.63) is 22.4 Å². The van der Waals surface area contributed by atoms with E-state index >= 15 is 0 Å². The Balaban J connectivity index is 1.82. The van der Waals surface area contributed by atoms with Gasteiger partial charge in [0.15, 0.2) is 0 Å². The van der Waals surface area contributed by atoms with E-state index in [-0.39, 0.29) is 12.5 Å². The molecule has 1 fully saturated rings. The molecule has 3 nitrogen and oxygen atoms in total. The predicted molar refractivity (Wildman–Crippen MR) is 73.7 cm³/mol. The zero-order chi connectivity index (χ0) is 12.8. The lowest BCUT2D eigenvalue weighted by Gasteiger charge is -2.37. The number of carbonyl (C=O) groups excluding carboxylic acids is 1. The third-order valence-corrected chi connectivity index (χ3v) is 4.49. The number of nitrogens with zero attached hydrogens (tertiary/aromatic N) is 1. The van der Waals surface area contributed by atoms with Crippen LogP contribution in [0, 0.1) is 0 Å². The first kappa shape index (κ1) is 13.6. The average molecular weight is 267 g/mol. The molecule has 1 aliphatic carbocycles. The Morgan fingerprint density at radius 2 is 2.33 bits per heavy atom. The summed E-state index contributed by atoms with van der Waals surface area (Å²) in [5, 5.41) is 11.0. The van der Waals surface area contributed by atoms with E-state index in [4.69, 9.17) is 5.11 Å². The van der Waals surface area contributed by atoms with Crippen molar-refractivity contribution in [2.45, 2.75) is 44.6 Å². The van der Waals surface area contributed by atoms with Gasteiger partial charge in [-0.05, 0) is 43.6 Å². The van der Waals surface area contributed by atoms with Crippen molar-refractivity contribution in [2.75, 3.05) is 13.2 Å². The van der Waals surface area contributed by atoms with Crippen molar-refractivity contribution >= 4 is 17.2 Å². The van der Waals surface area contributed by atoms with Crippen LogP contribution in [0.5, 0.6) is 0 Å². The summed E-state index contributed by atoms with van der Waals surface area (Å²) in [5.41, 5.74) is 0. The average Bonchev–Trinajstić information content (AvgIpc) is 2.81. The number of aliphatic hydroxyl groups excluding tert-OH is 1. The van der Waals surface area contributed by atoms with Gasteiger partial charge in [0.1, 0.15) is 0 Å². The van der Waals surface area contributed by atoms with Gasteiger partial charge in [0.25, 0.3) is 0 Å². The van der Waals surface area contributed by atoms with Crippen molar-refractivity contribution in [2.24, 2.45) is 0 Å². The molecular formula is C14H21NO2S. The number of aryl methyl sites for hydroxylation is 1. The fourth-order valence-corrected chi connectivity index (χ4v) is 2.99. The number of carbonyl (C=O) groups is 1. The van der Waals surface area contributed by atoms with Crippen LogP contribution in [0.1, 0.15) is 37.0 Å². The molecule has 0 unspecified atom stereocenters. The summed E-state index contributed by atoms with van der Waals surface area (Å²) in [6.07, 6.45) is 5.65. The first-order valence-corrected chi connectivity index (χ1v) is 7.62. The third-order valence-electron chi connectivity index (χ3n) is 3.56. The van der Waals surface area contributed by atoms with Crippen molar-refractivity contribution in [3.63, 3.8) is 0 Å². The molecule has 18 heavy (non-hydrogen) atoms. The molecule has 1 amide bonds. The van der Waals surface area contributed by atoms with Gasteiger partial charge in [-0.2, -0.15) is 0 Å². The maximum Gasteiger partial charge on any atom is 0.223 e. The van der Waals surface area contributed by atoms with Crippen LogP contribution < -0.4 is 0 Å². The van der Waals surface area contributed by atoms with Gasteiger partial charge in [0.05, 0.1) is 0 Å². The summed E-state index contributed by atoms with van der Waals surface area (Å²) < 4.78 is 0. The minimum absolute atomic E-state index is 0.168. The summed E-state index contributed by atoms with van der Waals surface area (Å²) >= 11 is 1.71. The highest BCUT2D eigenvalue weighted by Crippen LogP contribution is 2.26. The largest absolute Gasteiger partial charge is 0.396 e. The predicted octanol–water partition coefficient (Wildman–Crippen LogP) is 2.44. The monoisotopic (exact) mass is 267 g/mol. The Kier molecular flexibility index (Phi) is 5.20. The Morgan fingerprint density at radius 3 is 2.89 bits per heavy atom. The molecule has 1 saturated carbocycles. The van der Waals surface area contributed by atoms with Gasteiger partial charge in [0.2, 0.25) is 5.91 Å². The number of aliphatic hydroxyl groups is 1. The van der Waals surface area contributed by atoms with E-state index in [0.717, 1.165) is 19.3 Å². The minimum Gasteiger partial charge on any atom is -0.396 e. The standard InChI is InChI=1S/C14H21NO2S/c16-10-3-9-15(12-4-1-5-12)14(17)8-7-13-6-2-11-18-13/h2,6,11-12,16H,1,3-5,7-10H2. The molecule has 0 spiro atoms. The maximum absolute atomic E-state index is 12.2. The lowest BCUT2D eigenvalue weighted by molar-refractivity contribution is -0.135. The van der Waals surface area contributed by atoms with Gasteiger partial charge in [-0.3, -0.25) is 4.79 Å². The molecule has 100 valence electrons. The fraction of sp³-hybridized carbons (Fsp3) is 0.643. The van der Waals surface area contributed by atoms with E-state index in [1.165, 1.54) is 11.3 Å². The molecule has 0 aromatic carbocycles. The Morgan fingerprint density at radius 1 is 1.50 bits per heavy atom. The van der Waals surface area contributed by atoms with Gasteiger partial charge in [0, 0.05) is 30.5 Å². The van der Waals surface area contributed by atoms with Crippen molar-refractivity contribution in [1.82, 2.24) is 4.90 Å². The molecule has 1 aliphatic rings. The van der Waals surface area contributed by atoms with E-state index in [1.54, 1.807) is 11.3 Å². The van der Waals surface area contributed by atoms with Crippen LogP contribution in [0.4, 0.5) is 0 Å². The molecule has 1 aromatic rings. The summed E-state index contributed by atoms with van der Waals surface area (Å²) in [6, 6.07) is 4.55. The first-order chi connectivity index (χ1) is 8.81. The zero-order valence-corrected chi connectivity index (χ0v) is 11.5. The van der Waals surface area contributed by atoms with Gasteiger partial charge >= 0.3 is 0 Å². The Bertz CT molecular complexity index is 360. The molecule has 1 N–H and O–H groups in total. The van der Waals surface area contributed by atoms with Gasteiger partial charge in [-0.15, -0.1) is 11.3 Å². The van der Waals surface area contributed by atoms with Crippen LogP contribution in [0.15, 0.2) is 17.5 Å². The zero-order valence-electron chi connectivity index (χ0n) is 10.7. The van der Waals surface area contributed by atoms with Crippen molar-refractivity contribution in [1.29, 1.82) is 0 Å². The summed E-state index contributed by atoms with van der Waals surface area (Å²) in [7, 11) is 0. The van der Waals surface area contributed by atoms with Crippen LogP contribution in [-0.4, -0.2) is 35.1 Å². The summed E-state index contributed by atoms with van der Waals surface area (Å²) in [5.74, 6) is 0.251. The number of amides is 1. The molecule has 0 atom stereocenters. The number of thiophene rings is 1. The van der Waals surface area contributed by atoms with Gasteiger partial charge in [-0.1, -0.05) is 6.07 Å². The van der Waals surface area contributed by atoms with Crippen molar-refractivity contribution < 1.29 is 9.90 Å². The molecular weight excluding hydrogens is 246 g/mol. The normalized spacial score (nSPS) is 15.4. The van der Waals surface area contributed by atoms with E-state index in [1.807, 2.05) is 11.0 Å². The second kappa shape index (κ2) is 6.90. The summed E-state index contributed by atoms with van der Waals surface area (Å²) in [6.45, 7) is 0.881. The third kappa shape index (κ3) is 3.56. The highest BCUT2D eigenvalue weighted by atomic mass is 32.1. The SMILES string of the molecule is O=C(CCc1cccs1)N(CCCO)C1CCC1. The fourth-order valence-electron chi connectivity index (χ4n) is 2.28. The topological polar surface area (TPSA) is 40.5 Å². The molecule has 0 saturated heterocycles. The van der Waals surface area contributed by atoms with Crippen LogP contribution in [0.25, 0.3) is 0 Å². The molecule has 1 heterocycles. The van der Waals surface area contributed by atoms with E-state index in [0.29, 0.717) is 25.4 Å². The van der Waals surface area contributed by atoms with Gasteiger partial charge in [-0.25, -0.2) is 0 Å². The summed E-state index contributed by atoms with van der Waals surface area (Å²) in [4.78, 5) is 15.5. The van der Waals surface area contributed by atoms with E-state index in [2.05, 4.69) is 11.4 Å². The van der Waals surface area contributed by atoms with Crippen LogP contribution >= 0.6 is 11.3 Å². The van der Waals surface area contributed by atoms with E-state index < -0.39 is 0 Å². The quantitative estimate of drug-likeness (QED) is 0.824. The van der Waals surface area contributed by atoms with Crippen LogP contribution in [-0.2, 0) is 11.2 Å². The molecule has 1 aromatic heterocycles. The Labute approximate surface area is 112 Å². The number of hydrogen-bond donors (Lipinski definition) is 1. The highest BCUT2D eigenvalue weighted by molar-refractivity contribution is 7.09. The Hall–Kier alpha value is -0.870. The van der Waals surface area contributed by atoms with Crippen LogP contribution in [0.3, 0.4) is 0 Å². The molecule has 0 radical (unpaired) electrons. The molecule has 0 aliphatic heterocycles. The lowest BCUT2D eigenvalue weighted by Crippen LogP contribution is -2.45. The van der Waals surface area contributed by atoms with E-state index in [9.17, 15) is 4.79 Å². The van der Waals surface area contributed by atoms with Crippen LogP contribution in [0.2, 0.25) is 0 Å². The van der Waals surface area contributed by atoms with Gasteiger partial charge < -0.3 is 10.0 Å². The maximum atomic E-state index is 12.2. The second-order valence-electron chi connectivity index (χ2n) is 4.83. The molecule has 2 rings (SSSR count). The molecule has 4 heteroatoms. The second-order valence-corrected chi connectivity index (χ2v) is 5.86. The molecule has 0 bridgehead atoms. The smallest absolute Gasteiger partial charge is 0.223 e. The first-order valence-electron chi connectivity index (χ1n) is 6.74.